The number of pyridine rings is 1. The maximum atomic E-state index is 12.2. The van der Waals surface area contributed by atoms with Crippen LogP contribution in [0.2, 0.25) is 0 Å². The van der Waals surface area contributed by atoms with Gasteiger partial charge in [0, 0.05) is 11.8 Å². The summed E-state index contributed by atoms with van der Waals surface area (Å²) in [6.45, 7) is 0.745. The van der Waals surface area contributed by atoms with Gasteiger partial charge >= 0.3 is 0 Å². The van der Waals surface area contributed by atoms with E-state index in [0.29, 0.717) is 28.6 Å². The van der Waals surface area contributed by atoms with Gasteiger partial charge in [0.2, 0.25) is 5.69 Å². The third kappa shape index (κ3) is 2.56. The number of hydrogen-bond donors (Lipinski definition) is 0. The Morgan fingerprint density at radius 2 is 1.61 bits per heavy atom. The zero-order chi connectivity index (χ0) is 19.8. The Labute approximate surface area is 163 Å². The van der Waals surface area contributed by atoms with E-state index >= 15 is 0 Å². The standard InChI is InChI=1S/C22H22NO5/c1-25-18-6-5-14-16(22(18)28-4)11-23-8-7-13-9-19(26-2)20(27-3)10-15(13)21(23)17(14)12-24/h5-6,9-12H,7-8H2,1-4H3/q+1. The summed E-state index contributed by atoms with van der Waals surface area (Å²) in [7, 11) is 6.44. The smallest absolute Gasteiger partial charge is 0.224 e. The topological polar surface area (TPSA) is 57.9 Å². The van der Waals surface area contributed by atoms with Crippen LogP contribution >= 0.6 is 0 Å². The van der Waals surface area contributed by atoms with Crippen LogP contribution in [0.3, 0.4) is 0 Å². The number of nitrogens with zero attached hydrogens (tertiary/aromatic N) is 1. The van der Waals surface area contributed by atoms with Gasteiger partial charge in [0.15, 0.2) is 42.0 Å². The SMILES string of the molecule is COc1cc2c(cc1OC)-c1c(C=O)c3ccc(OC)c(OC)c3c[n+]1CC2. The van der Waals surface area contributed by atoms with E-state index in [-0.39, 0.29) is 0 Å². The monoisotopic (exact) mass is 380 g/mol. The van der Waals surface area contributed by atoms with Gasteiger partial charge in [-0.3, -0.25) is 4.79 Å². The van der Waals surface area contributed by atoms with E-state index in [2.05, 4.69) is 4.57 Å². The van der Waals surface area contributed by atoms with Gasteiger partial charge in [-0.15, -0.1) is 0 Å². The first-order valence-corrected chi connectivity index (χ1v) is 8.98. The first-order valence-electron chi connectivity index (χ1n) is 8.98. The zero-order valence-corrected chi connectivity index (χ0v) is 16.4. The highest BCUT2D eigenvalue weighted by Crippen LogP contribution is 2.41. The number of ether oxygens (including phenoxy) is 4. The molecule has 1 aromatic heterocycles. The van der Waals surface area contributed by atoms with E-state index in [1.54, 1.807) is 28.4 Å². The minimum Gasteiger partial charge on any atom is -0.493 e. The van der Waals surface area contributed by atoms with Crippen LogP contribution in [0, 0.1) is 0 Å². The largest absolute Gasteiger partial charge is 0.493 e. The molecule has 4 rings (SSSR count). The zero-order valence-electron chi connectivity index (χ0n) is 16.4. The van der Waals surface area contributed by atoms with E-state index in [1.807, 2.05) is 30.5 Å². The number of benzene rings is 2. The molecule has 2 heterocycles. The van der Waals surface area contributed by atoms with Gasteiger partial charge in [-0.1, -0.05) is 0 Å². The minimum atomic E-state index is 0.617. The molecule has 6 heteroatoms. The Bertz CT molecular complexity index is 1090. The molecule has 0 aliphatic carbocycles. The van der Waals surface area contributed by atoms with Gasteiger partial charge in [0.1, 0.15) is 0 Å². The number of aldehydes is 1. The molecule has 0 spiro atoms. The van der Waals surface area contributed by atoms with Gasteiger partial charge in [-0.05, 0) is 29.8 Å². The summed E-state index contributed by atoms with van der Waals surface area (Å²) in [4.78, 5) is 12.2. The average molecular weight is 380 g/mol. The second-order valence-electron chi connectivity index (χ2n) is 6.58. The van der Waals surface area contributed by atoms with Crippen LogP contribution < -0.4 is 23.5 Å². The maximum Gasteiger partial charge on any atom is 0.224 e. The molecular weight excluding hydrogens is 358 g/mol. The summed E-state index contributed by atoms with van der Waals surface area (Å²) in [6.07, 6.45) is 3.76. The summed E-state index contributed by atoms with van der Waals surface area (Å²) in [5.41, 5.74) is 3.59. The quantitative estimate of drug-likeness (QED) is 0.503. The molecule has 0 N–H and O–H groups in total. The second kappa shape index (κ2) is 7.03. The van der Waals surface area contributed by atoms with Crippen molar-refractivity contribution < 1.29 is 28.3 Å². The minimum absolute atomic E-state index is 0.617. The lowest BCUT2D eigenvalue weighted by atomic mass is 9.91. The van der Waals surface area contributed by atoms with Crippen molar-refractivity contribution >= 4 is 17.1 Å². The van der Waals surface area contributed by atoms with Crippen molar-refractivity contribution in [3.05, 3.63) is 41.6 Å². The van der Waals surface area contributed by atoms with Crippen LogP contribution in [0.25, 0.3) is 22.0 Å². The Hall–Kier alpha value is -3.28. The predicted octanol–water partition coefficient (Wildman–Crippen LogP) is 3.20. The number of rotatable bonds is 5. The van der Waals surface area contributed by atoms with Gasteiger partial charge in [0.05, 0.1) is 45.0 Å². The fraction of sp³-hybridized carbons (Fsp3) is 0.273. The lowest BCUT2D eigenvalue weighted by Crippen LogP contribution is -2.41. The van der Waals surface area contributed by atoms with Crippen LogP contribution in [0.1, 0.15) is 15.9 Å². The second-order valence-corrected chi connectivity index (χ2v) is 6.58. The Balaban J connectivity index is 2.07. The Morgan fingerprint density at radius 1 is 0.893 bits per heavy atom. The number of aryl methyl sites for hydroxylation is 2. The number of carbonyl (C=O) groups is 1. The summed E-state index contributed by atoms with van der Waals surface area (Å²) in [5, 5.41) is 1.66. The van der Waals surface area contributed by atoms with E-state index in [9.17, 15) is 4.79 Å². The molecule has 0 atom stereocenters. The summed E-state index contributed by atoms with van der Waals surface area (Å²) in [6, 6.07) is 7.66. The summed E-state index contributed by atoms with van der Waals surface area (Å²) >= 11 is 0. The van der Waals surface area contributed by atoms with Crippen LogP contribution in [-0.4, -0.2) is 34.7 Å². The third-order valence-electron chi connectivity index (χ3n) is 5.31. The molecule has 0 fully saturated rings. The molecular formula is C22H22NO5+. The van der Waals surface area contributed by atoms with Crippen LogP contribution in [0.4, 0.5) is 0 Å². The van der Waals surface area contributed by atoms with Gasteiger partial charge in [0.25, 0.3) is 0 Å². The predicted molar refractivity (Wildman–Crippen MR) is 105 cm³/mol. The number of carbonyl (C=O) groups excluding carboxylic acids is 1. The first-order chi connectivity index (χ1) is 13.7. The molecule has 1 aliphatic rings. The molecule has 2 aromatic carbocycles. The molecule has 0 saturated carbocycles. The Morgan fingerprint density at radius 3 is 2.25 bits per heavy atom. The molecule has 28 heavy (non-hydrogen) atoms. The van der Waals surface area contributed by atoms with Crippen molar-refractivity contribution in [2.45, 2.75) is 13.0 Å². The summed E-state index contributed by atoms with van der Waals surface area (Å²) in [5.74, 6) is 2.58. The molecule has 0 unspecified atom stereocenters. The number of hydrogen-bond acceptors (Lipinski definition) is 5. The van der Waals surface area contributed by atoms with E-state index in [4.69, 9.17) is 18.9 Å². The van der Waals surface area contributed by atoms with Crippen molar-refractivity contribution in [1.29, 1.82) is 0 Å². The van der Waals surface area contributed by atoms with Crippen LogP contribution in [0.15, 0.2) is 30.5 Å². The number of aromatic nitrogens is 1. The van der Waals surface area contributed by atoms with E-state index < -0.39 is 0 Å². The van der Waals surface area contributed by atoms with Crippen molar-refractivity contribution in [3.63, 3.8) is 0 Å². The van der Waals surface area contributed by atoms with Gasteiger partial charge < -0.3 is 18.9 Å². The number of methoxy groups -OCH3 is 4. The molecule has 1 aliphatic heterocycles. The molecule has 0 radical (unpaired) electrons. The highest BCUT2D eigenvalue weighted by atomic mass is 16.5. The van der Waals surface area contributed by atoms with Crippen molar-refractivity contribution in [2.75, 3.05) is 28.4 Å². The van der Waals surface area contributed by atoms with E-state index in [0.717, 1.165) is 46.8 Å². The highest BCUT2D eigenvalue weighted by Gasteiger charge is 2.31. The van der Waals surface area contributed by atoms with Crippen LogP contribution in [-0.2, 0) is 13.0 Å². The lowest BCUT2D eigenvalue weighted by Gasteiger charge is -2.20. The molecule has 0 saturated heterocycles. The fourth-order valence-electron chi connectivity index (χ4n) is 4.00. The van der Waals surface area contributed by atoms with Crippen LogP contribution in [0.5, 0.6) is 23.0 Å². The third-order valence-corrected chi connectivity index (χ3v) is 5.31. The first kappa shape index (κ1) is 18.1. The maximum absolute atomic E-state index is 12.2. The molecule has 6 nitrogen and oxygen atoms in total. The average Bonchev–Trinajstić information content (AvgIpc) is 2.75. The Kier molecular flexibility index (Phi) is 4.55. The summed E-state index contributed by atoms with van der Waals surface area (Å²) < 4.78 is 24.0. The number of fused-ring (bicyclic) bond motifs is 4. The normalized spacial score (nSPS) is 12.1. The highest BCUT2D eigenvalue weighted by molar-refractivity contribution is 6.05. The van der Waals surface area contributed by atoms with Crippen molar-refractivity contribution in [3.8, 4) is 34.3 Å². The molecule has 0 bridgehead atoms. The molecule has 144 valence electrons. The van der Waals surface area contributed by atoms with Crippen molar-refractivity contribution in [1.82, 2.24) is 0 Å². The van der Waals surface area contributed by atoms with Crippen molar-refractivity contribution in [2.24, 2.45) is 0 Å². The van der Waals surface area contributed by atoms with Gasteiger partial charge in [-0.25, -0.2) is 0 Å². The van der Waals surface area contributed by atoms with Gasteiger partial charge in [-0.2, -0.15) is 4.57 Å². The molecule has 3 aromatic rings. The lowest BCUT2D eigenvalue weighted by molar-refractivity contribution is -0.686. The molecule has 0 amide bonds. The van der Waals surface area contributed by atoms with E-state index in [1.165, 1.54) is 0 Å². The fourth-order valence-corrected chi connectivity index (χ4v) is 4.00.